The zero-order chi connectivity index (χ0) is 11.8. The van der Waals surface area contributed by atoms with Crippen LogP contribution in [-0.2, 0) is 9.84 Å². The second kappa shape index (κ2) is 4.50. The van der Waals surface area contributed by atoms with Crippen LogP contribution in [0.1, 0.15) is 32.1 Å². The molecule has 0 amide bonds. The Morgan fingerprint density at radius 3 is 2.69 bits per heavy atom. The smallest absolute Gasteiger partial charge is 0.150 e. The van der Waals surface area contributed by atoms with E-state index in [9.17, 15) is 13.5 Å². The molecule has 1 aliphatic carbocycles. The summed E-state index contributed by atoms with van der Waals surface area (Å²) in [4.78, 5) is 0. The maximum absolute atomic E-state index is 11.6. The van der Waals surface area contributed by atoms with E-state index in [2.05, 4.69) is 0 Å². The molecule has 0 spiro atoms. The van der Waals surface area contributed by atoms with Crippen LogP contribution in [0.2, 0.25) is 0 Å². The van der Waals surface area contributed by atoms with Crippen molar-refractivity contribution in [3.63, 3.8) is 0 Å². The molecule has 3 nitrogen and oxygen atoms in total. The molecule has 2 fully saturated rings. The van der Waals surface area contributed by atoms with Crippen LogP contribution in [0.5, 0.6) is 0 Å². The van der Waals surface area contributed by atoms with Gasteiger partial charge in [0.2, 0.25) is 0 Å². The predicted molar refractivity (Wildman–Crippen MR) is 67.5 cm³/mol. The monoisotopic (exact) mass is 264 g/mol. The highest BCUT2D eigenvalue weighted by molar-refractivity contribution is 7.99. The zero-order valence-corrected chi connectivity index (χ0v) is 11.3. The van der Waals surface area contributed by atoms with E-state index in [0.29, 0.717) is 6.42 Å². The summed E-state index contributed by atoms with van der Waals surface area (Å²) in [7, 11) is -2.93. The molecule has 2 rings (SSSR count). The van der Waals surface area contributed by atoms with Crippen molar-refractivity contribution in [3.05, 3.63) is 0 Å². The first-order valence-corrected chi connectivity index (χ1v) is 9.02. The number of aliphatic hydroxyl groups is 1. The molecule has 3 atom stereocenters. The summed E-state index contributed by atoms with van der Waals surface area (Å²) < 4.78 is 23.1. The molecule has 1 aliphatic heterocycles. The lowest BCUT2D eigenvalue weighted by atomic mass is 9.76. The zero-order valence-electron chi connectivity index (χ0n) is 9.68. The molecule has 3 unspecified atom stereocenters. The highest BCUT2D eigenvalue weighted by atomic mass is 32.2. The molecule has 1 saturated heterocycles. The Morgan fingerprint density at radius 2 is 2.12 bits per heavy atom. The third kappa shape index (κ3) is 2.57. The van der Waals surface area contributed by atoms with Crippen LogP contribution in [0.3, 0.4) is 0 Å². The van der Waals surface area contributed by atoms with Crippen LogP contribution in [0.4, 0.5) is 0 Å². The average molecular weight is 264 g/mol. The van der Waals surface area contributed by atoms with Gasteiger partial charge in [-0.25, -0.2) is 8.42 Å². The molecule has 1 heterocycles. The molecular weight excluding hydrogens is 244 g/mol. The maximum Gasteiger partial charge on any atom is 0.150 e. The Labute approximate surface area is 102 Å². The van der Waals surface area contributed by atoms with Gasteiger partial charge in [-0.15, -0.1) is 0 Å². The van der Waals surface area contributed by atoms with Gasteiger partial charge in [-0.1, -0.05) is 6.42 Å². The third-order valence-corrected chi connectivity index (χ3v) is 6.86. The standard InChI is InChI=1S/C11H20O3S2/c1-16(13,14)10-4-2-3-9(7-10)11(12)5-6-15-8-11/h9-10,12H,2-8H2,1H3. The van der Waals surface area contributed by atoms with Crippen molar-refractivity contribution in [2.45, 2.75) is 43.0 Å². The SMILES string of the molecule is CS(=O)(=O)C1CCCC(C2(O)CCSC2)C1. The van der Waals surface area contributed by atoms with Crippen LogP contribution in [0, 0.1) is 5.92 Å². The number of hydrogen-bond donors (Lipinski definition) is 1. The molecule has 0 bridgehead atoms. The second-order valence-electron chi connectivity index (χ2n) is 5.22. The van der Waals surface area contributed by atoms with E-state index in [1.807, 2.05) is 0 Å². The van der Waals surface area contributed by atoms with Crippen molar-refractivity contribution < 1.29 is 13.5 Å². The van der Waals surface area contributed by atoms with Gasteiger partial charge in [-0.2, -0.15) is 11.8 Å². The van der Waals surface area contributed by atoms with Crippen molar-refractivity contribution in [3.8, 4) is 0 Å². The summed E-state index contributed by atoms with van der Waals surface area (Å²) in [5.41, 5.74) is -0.589. The molecule has 0 aromatic rings. The topological polar surface area (TPSA) is 54.4 Å². The van der Waals surface area contributed by atoms with E-state index in [4.69, 9.17) is 0 Å². The minimum absolute atomic E-state index is 0.191. The molecule has 0 aromatic carbocycles. The molecule has 0 aromatic heterocycles. The van der Waals surface area contributed by atoms with Crippen LogP contribution >= 0.6 is 11.8 Å². The lowest BCUT2D eigenvalue weighted by molar-refractivity contribution is -0.00845. The van der Waals surface area contributed by atoms with E-state index in [0.717, 1.165) is 37.2 Å². The fourth-order valence-electron chi connectivity index (χ4n) is 2.91. The van der Waals surface area contributed by atoms with Gasteiger partial charge in [-0.05, 0) is 37.4 Å². The molecular formula is C11H20O3S2. The number of hydrogen-bond acceptors (Lipinski definition) is 4. The summed E-state index contributed by atoms with van der Waals surface area (Å²) >= 11 is 1.78. The molecule has 94 valence electrons. The molecule has 16 heavy (non-hydrogen) atoms. The Balaban J connectivity index is 2.07. The number of thioether (sulfide) groups is 1. The summed E-state index contributed by atoms with van der Waals surface area (Å²) in [5, 5.41) is 10.3. The van der Waals surface area contributed by atoms with E-state index in [1.165, 1.54) is 6.26 Å². The van der Waals surface area contributed by atoms with Gasteiger partial charge in [0.05, 0.1) is 10.9 Å². The van der Waals surface area contributed by atoms with Crippen molar-refractivity contribution in [2.75, 3.05) is 17.8 Å². The quantitative estimate of drug-likeness (QED) is 0.820. The molecule has 1 N–H and O–H groups in total. The largest absolute Gasteiger partial charge is 0.389 e. The summed E-state index contributed by atoms with van der Waals surface area (Å²) in [6, 6.07) is 0. The summed E-state index contributed by atoms with van der Waals surface area (Å²) in [6.45, 7) is 0. The predicted octanol–water partition coefficient (Wildman–Crippen LogP) is 1.46. The van der Waals surface area contributed by atoms with Crippen LogP contribution in [0.15, 0.2) is 0 Å². The van der Waals surface area contributed by atoms with E-state index >= 15 is 0 Å². The fourth-order valence-corrected chi connectivity index (χ4v) is 5.47. The molecule has 0 radical (unpaired) electrons. The first-order chi connectivity index (χ1) is 7.42. The fraction of sp³-hybridized carbons (Fsp3) is 1.00. The van der Waals surface area contributed by atoms with Crippen molar-refractivity contribution in [1.29, 1.82) is 0 Å². The Bertz CT molecular complexity index is 344. The summed E-state index contributed by atoms with van der Waals surface area (Å²) in [5.74, 6) is 1.99. The van der Waals surface area contributed by atoms with Gasteiger partial charge in [0.15, 0.2) is 0 Å². The van der Waals surface area contributed by atoms with Gasteiger partial charge in [0.25, 0.3) is 0 Å². The Morgan fingerprint density at radius 1 is 1.38 bits per heavy atom. The van der Waals surface area contributed by atoms with E-state index in [1.54, 1.807) is 11.8 Å². The first-order valence-electron chi connectivity index (χ1n) is 5.91. The third-order valence-electron chi connectivity index (χ3n) is 4.02. The summed E-state index contributed by atoms with van der Waals surface area (Å²) in [6.07, 6.45) is 5.53. The van der Waals surface area contributed by atoms with Crippen LogP contribution in [0.25, 0.3) is 0 Å². The minimum Gasteiger partial charge on any atom is -0.389 e. The Hall–Kier alpha value is 0.260. The lowest BCUT2D eigenvalue weighted by Crippen LogP contribution is -2.43. The maximum atomic E-state index is 11.6. The number of rotatable bonds is 2. The van der Waals surface area contributed by atoms with E-state index < -0.39 is 15.4 Å². The van der Waals surface area contributed by atoms with Crippen molar-refractivity contribution >= 4 is 21.6 Å². The van der Waals surface area contributed by atoms with Crippen LogP contribution in [-0.4, -0.2) is 42.1 Å². The van der Waals surface area contributed by atoms with Gasteiger partial charge in [0.1, 0.15) is 9.84 Å². The van der Waals surface area contributed by atoms with Gasteiger partial charge in [0, 0.05) is 12.0 Å². The first kappa shape index (κ1) is 12.7. The molecule has 1 saturated carbocycles. The lowest BCUT2D eigenvalue weighted by Gasteiger charge is -2.37. The molecule has 5 heteroatoms. The van der Waals surface area contributed by atoms with Crippen molar-refractivity contribution in [2.24, 2.45) is 5.92 Å². The second-order valence-corrected chi connectivity index (χ2v) is 8.65. The van der Waals surface area contributed by atoms with E-state index in [-0.39, 0.29) is 11.2 Å². The average Bonchev–Trinajstić information content (AvgIpc) is 2.66. The van der Waals surface area contributed by atoms with Gasteiger partial charge in [-0.3, -0.25) is 0 Å². The Kier molecular flexibility index (Phi) is 3.57. The highest BCUT2D eigenvalue weighted by Gasteiger charge is 2.43. The van der Waals surface area contributed by atoms with Gasteiger partial charge < -0.3 is 5.11 Å². The van der Waals surface area contributed by atoms with Crippen molar-refractivity contribution in [1.82, 2.24) is 0 Å². The normalized spacial score (nSPS) is 41.1. The minimum atomic E-state index is -2.93. The molecule has 2 aliphatic rings. The number of sulfone groups is 1. The van der Waals surface area contributed by atoms with Gasteiger partial charge >= 0.3 is 0 Å². The highest BCUT2D eigenvalue weighted by Crippen LogP contribution is 2.42. The van der Waals surface area contributed by atoms with Crippen LogP contribution < -0.4 is 0 Å².